The topological polar surface area (TPSA) is 54.5 Å². The van der Waals surface area contributed by atoms with Crippen molar-refractivity contribution < 1.29 is 26.4 Å². The van der Waals surface area contributed by atoms with Gasteiger partial charge in [-0.25, -0.2) is 8.42 Å². The number of nitrogens with zero attached hydrogens (tertiary/aromatic N) is 1. The van der Waals surface area contributed by atoms with E-state index in [-0.39, 0.29) is 23.0 Å². The van der Waals surface area contributed by atoms with Crippen LogP contribution >= 0.6 is 22.9 Å². The zero-order valence-electron chi connectivity index (χ0n) is 17.6. The molecule has 2 heterocycles. The third-order valence-corrected chi connectivity index (χ3v) is 9.03. The molecule has 3 aromatic rings. The van der Waals surface area contributed by atoms with Crippen molar-refractivity contribution in [2.75, 3.05) is 6.54 Å². The monoisotopic (exact) mass is 525 g/mol. The highest BCUT2D eigenvalue weighted by Gasteiger charge is 2.37. The van der Waals surface area contributed by atoms with Gasteiger partial charge in [-0.3, -0.25) is 4.79 Å². The Labute approximate surface area is 204 Å². The van der Waals surface area contributed by atoms with Gasteiger partial charge < -0.3 is 0 Å². The molecule has 0 radical (unpaired) electrons. The number of sulfonamides is 1. The van der Waals surface area contributed by atoms with E-state index < -0.39 is 27.8 Å². The second kappa shape index (κ2) is 9.65. The summed E-state index contributed by atoms with van der Waals surface area (Å²) in [7, 11) is -3.85. The van der Waals surface area contributed by atoms with E-state index in [2.05, 4.69) is 0 Å². The molecule has 1 aliphatic rings. The number of alkyl halides is 3. The van der Waals surface area contributed by atoms with E-state index in [1.54, 1.807) is 24.3 Å². The SMILES string of the molecule is O=C(CCc1cccc(-c2ccc(C(F)(F)F)cc2)c1)[C@@H]1C=CCN1S(=O)(=O)c1ccc(Cl)s1. The first-order chi connectivity index (χ1) is 16.1. The van der Waals surface area contributed by atoms with Gasteiger partial charge in [-0.2, -0.15) is 17.5 Å². The first kappa shape index (κ1) is 24.7. The highest BCUT2D eigenvalue weighted by atomic mass is 35.5. The summed E-state index contributed by atoms with van der Waals surface area (Å²) < 4.78 is 65.9. The van der Waals surface area contributed by atoms with Gasteiger partial charge in [-0.05, 0) is 47.4 Å². The van der Waals surface area contributed by atoms with Crippen molar-refractivity contribution in [3.63, 3.8) is 0 Å². The Kier molecular flexibility index (Phi) is 7.00. The van der Waals surface area contributed by atoms with Crippen LogP contribution < -0.4 is 0 Å². The minimum atomic E-state index is -4.40. The molecule has 0 saturated carbocycles. The van der Waals surface area contributed by atoms with Crippen LogP contribution in [0.1, 0.15) is 17.5 Å². The van der Waals surface area contributed by atoms with Crippen LogP contribution in [0.15, 0.2) is 77.0 Å². The summed E-state index contributed by atoms with van der Waals surface area (Å²) in [6.07, 6.45) is -0.667. The average molecular weight is 526 g/mol. The van der Waals surface area contributed by atoms with Gasteiger partial charge in [0.05, 0.1) is 9.90 Å². The van der Waals surface area contributed by atoms with Gasteiger partial charge in [-0.15, -0.1) is 11.3 Å². The molecule has 1 aliphatic heterocycles. The zero-order chi connectivity index (χ0) is 24.5. The molecule has 0 amide bonds. The fourth-order valence-corrected chi connectivity index (χ4v) is 6.88. The van der Waals surface area contributed by atoms with Crippen LogP contribution in [0.5, 0.6) is 0 Å². The first-order valence-electron chi connectivity index (χ1n) is 10.3. The zero-order valence-corrected chi connectivity index (χ0v) is 20.0. The lowest BCUT2D eigenvalue weighted by atomic mass is 9.98. The molecule has 0 bridgehead atoms. The maximum absolute atomic E-state index is 12.9. The number of ketones is 1. The van der Waals surface area contributed by atoms with E-state index in [9.17, 15) is 26.4 Å². The fourth-order valence-electron chi connectivity index (χ4n) is 3.74. The largest absolute Gasteiger partial charge is 0.416 e. The number of thiophene rings is 1. The second-order valence-corrected chi connectivity index (χ2v) is 11.6. The molecule has 4 nitrogen and oxygen atoms in total. The minimum absolute atomic E-state index is 0.0863. The maximum Gasteiger partial charge on any atom is 0.416 e. The van der Waals surface area contributed by atoms with Gasteiger partial charge in [0, 0.05) is 13.0 Å². The molecule has 0 fully saturated rings. The fraction of sp³-hybridized carbons (Fsp3) is 0.208. The number of aryl methyl sites for hydroxylation is 1. The van der Waals surface area contributed by atoms with E-state index in [0.29, 0.717) is 16.3 Å². The number of rotatable bonds is 7. The standard InChI is InChI=1S/C24H19ClF3NO3S2/c25-22-12-13-23(33-22)34(31,32)29-14-2-5-20(29)21(30)11-6-16-3-1-4-18(15-16)17-7-9-19(10-8-17)24(26,27)28/h1-5,7-10,12-13,15,20H,6,11,14H2/t20-/m0/s1. The van der Waals surface area contributed by atoms with E-state index in [4.69, 9.17) is 11.6 Å². The van der Waals surface area contributed by atoms with Crippen LogP contribution in [0.4, 0.5) is 13.2 Å². The van der Waals surface area contributed by atoms with Gasteiger partial charge in [0.15, 0.2) is 5.78 Å². The summed E-state index contributed by atoms with van der Waals surface area (Å²) in [5, 5.41) is 0. The van der Waals surface area contributed by atoms with Crippen LogP contribution in [0, 0.1) is 0 Å². The van der Waals surface area contributed by atoms with Gasteiger partial charge in [-0.1, -0.05) is 60.2 Å². The number of carbonyl (C=O) groups is 1. The molecule has 10 heteroatoms. The van der Waals surface area contributed by atoms with Crippen LogP contribution in [0.25, 0.3) is 11.1 Å². The van der Waals surface area contributed by atoms with Crippen LogP contribution in [0.3, 0.4) is 0 Å². The van der Waals surface area contributed by atoms with E-state index in [1.165, 1.54) is 24.3 Å². The van der Waals surface area contributed by atoms with Gasteiger partial charge in [0.2, 0.25) is 0 Å². The van der Waals surface area contributed by atoms with Gasteiger partial charge in [0.25, 0.3) is 10.0 Å². The Morgan fingerprint density at radius 2 is 1.79 bits per heavy atom. The Hall–Kier alpha value is -2.46. The van der Waals surface area contributed by atoms with Crippen molar-refractivity contribution in [2.45, 2.75) is 29.3 Å². The highest BCUT2D eigenvalue weighted by molar-refractivity contribution is 7.91. The van der Waals surface area contributed by atoms with Crippen molar-refractivity contribution in [3.8, 4) is 11.1 Å². The molecule has 0 aliphatic carbocycles. The molecular formula is C24H19ClF3NO3S2. The van der Waals surface area contributed by atoms with Crippen molar-refractivity contribution in [2.24, 2.45) is 0 Å². The molecule has 0 spiro atoms. The third-order valence-electron chi connectivity index (χ3n) is 5.49. The number of carbonyl (C=O) groups excluding carboxylic acids is 1. The molecule has 178 valence electrons. The number of halogens is 4. The summed E-state index contributed by atoms with van der Waals surface area (Å²) in [6.45, 7) is 0.109. The second-order valence-electron chi connectivity index (χ2n) is 7.75. The predicted molar refractivity (Wildman–Crippen MR) is 126 cm³/mol. The lowest BCUT2D eigenvalue weighted by Crippen LogP contribution is -2.40. The predicted octanol–water partition coefficient (Wildman–Crippen LogP) is 6.22. The number of Topliss-reactive ketones (excluding diaryl/α,β-unsaturated/α-hetero) is 1. The molecule has 4 rings (SSSR count). The number of hydrogen-bond acceptors (Lipinski definition) is 4. The summed E-state index contributed by atoms with van der Waals surface area (Å²) in [5.41, 5.74) is 1.48. The summed E-state index contributed by atoms with van der Waals surface area (Å²) >= 11 is 6.82. The Bertz CT molecular complexity index is 1330. The Morgan fingerprint density at radius 3 is 2.44 bits per heavy atom. The van der Waals surface area contributed by atoms with Crippen molar-refractivity contribution >= 4 is 38.7 Å². The Morgan fingerprint density at radius 1 is 1.06 bits per heavy atom. The summed E-state index contributed by atoms with van der Waals surface area (Å²) in [4.78, 5) is 12.9. The normalized spacial score (nSPS) is 16.8. The molecule has 34 heavy (non-hydrogen) atoms. The van der Waals surface area contributed by atoms with E-state index in [0.717, 1.165) is 38.9 Å². The first-order valence-corrected chi connectivity index (χ1v) is 12.9. The maximum atomic E-state index is 12.9. The molecule has 0 N–H and O–H groups in total. The van der Waals surface area contributed by atoms with Crippen LogP contribution in [0.2, 0.25) is 4.34 Å². The molecular weight excluding hydrogens is 507 g/mol. The smallest absolute Gasteiger partial charge is 0.298 e. The number of hydrogen-bond donors (Lipinski definition) is 0. The Balaban J connectivity index is 1.44. The molecule has 0 unspecified atom stereocenters. The van der Waals surface area contributed by atoms with Crippen molar-refractivity contribution in [3.05, 3.63) is 88.3 Å². The quantitative estimate of drug-likeness (QED) is 0.344. The molecule has 0 saturated heterocycles. The van der Waals surface area contributed by atoms with Crippen molar-refractivity contribution in [1.29, 1.82) is 0 Å². The van der Waals surface area contributed by atoms with Crippen molar-refractivity contribution in [1.82, 2.24) is 4.31 Å². The third kappa shape index (κ3) is 5.27. The lowest BCUT2D eigenvalue weighted by molar-refractivity contribution is -0.137. The van der Waals surface area contributed by atoms with E-state index in [1.807, 2.05) is 12.1 Å². The average Bonchev–Trinajstić information content (AvgIpc) is 3.47. The summed E-state index contributed by atoms with van der Waals surface area (Å²) in [5.74, 6) is -0.236. The molecule has 1 aromatic heterocycles. The van der Waals surface area contributed by atoms with Gasteiger partial charge in [0.1, 0.15) is 10.3 Å². The van der Waals surface area contributed by atoms with Crippen LogP contribution in [-0.2, 0) is 27.4 Å². The van der Waals surface area contributed by atoms with Crippen LogP contribution in [-0.4, -0.2) is 31.1 Å². The highest BCUT2D eigenvalue weighted by Crippen LogP contribution is 2.32. The lowest BCUT2D eigenvalue weighted by Gasteiger charge is -2.22. The van der Waals surface area contributed by atoms with E-state index >= 15 is 0 Å². The number of benzene rings is 2. The summed E-state index contributed by atoms with van der Waals surface area (Å²) in [6, 6.07) is 14.2. The molecule has 2 aromatic carbocycles. The minimum Gasteiger partial charge on any atom is -0.298 e. The van der Waals surface area contributed by atoms with Gasteiger partial charge >= 0.3 is 6.18 Å². The molecule has 1 atom stereocenters.